The van der Waals surface area contributed by atoms with Crippen LogP contribution in [0.4, 0.5) is 17.6 Å². The Morgan fingerprint density at radius 1 is 1.08 bits per heavy atom. The predicted octanol–water partition coefficient (Wildman–Crippen LogP) is 4.76. The summed E-state index contributed by atoms with van der Waals surface area (Å²) in [6.07, 6.45) is -4.64. The molecule has 3 aromatic carbocycles. The van der Waals surface area contributed by atoms with Crippen molar-refractivity contribution in [3.05, 3.63) is 100 Å². The molecule has 1 aliphatic heterocycles. The minimum atomic E-state index is -4.64. The van der Waals surface area contributed by atoms with E-state index in [9.17, 15) is 26.0 Å². The van der Waals surface area contributed by atoms with Gasteiger partial charge in [-0.15, -0.1) is 4.40 Å². The number of hydrogen-bond donors (Lipinski definition) is 1. The molecule has 0 aromatic heterocycles. The van der Waals surface area contributed by atoms with Gasteiger partial charge in [0.25, 0.3) is 10.0 Å². The van der Waals surface area contributed by atoms with Gasteiger partial charge in [0.1, 0.15) is 11.5 Å². The maximum absolute atomic E-state index is 15.0. The first-order valence-corrected chi connectivity index (χ1v) is 12.4. The van der Waals surface area contributed by atoms with Crippen molar-refractivity contribution in [2.45, 2.75) is 16.7 Å². The zero-order valence-electron chi connectivity index (χ0n) is 19.1. The molecule has 2 N–H and O–H groups in total. The van der Waals surface area contributed by atoms with Gasteiger partial charge < -0.3 is 10.5 Å². The Labute approximate surface area is 214 Å². The summed E-state index contributed by atoms with van der Waals surface area (Å²) in [5.74, 6) is -1.19. The molecule has 1 aliphatic rings. The van der Waals surface area contributed by atoms with Crippen molar-refractivity contribution in [1.29, 1.82) is 0 Å². The molecule has 3 aromatic rings. The highest BCUT2D eigenvalue weighted by Crippen LogP contribution is 2.38. The van der Waals surface area contributed by atoms with Crippen molar-refractivity contribution in [2.75, 3.05) is 13.7 Å². The van der Waals surface area contributed by atoms with Gasteiger partial charge in [0.2, 0.25) is 5.96 Å². The van der Waals surface area contributed by atoms with Gasteiger partial charge in [-0.2, -0.15) is 26.7 Å². The second-order valence-corrected chi connectivity index (χ2v) is 10.0. The van der Waals surface area contributed by atoms with Crippen molar-refractivity contribution in [3.63, 3.8) is 0 Å². The van der Waals surface area contributed by atoms with Crippen LogP contribution in [-0.2, 0) is 26.5 Å². The van der Waals surface area contributed by atoms with Crippen molar-refractivity contribution < 1.29 is 30.7 Å². The minimum Gasteiger partial charge on any atom is -0.367 e. The third kappa shape index (κ3) is 5.17. The Balaban J connectivity index is 1.77. The van der Waals surface area contributed by atoms with E-state index in [1.54, 1.807) is 30.3 Å². The van der Waals surface area contributed by atoms with Crippen molar-refractivity contribution >= 4 is 33.3 Å². The highest BCUT2D eigenvalue weighted by atomic mass is 35.5. The smallest absolute Gasteiger partial charge is 0.367 e. The number of guanidine groups is 1. The first-order valence-electron chi connectivity index (χ1n) is 10.6. The molecule has 1 unspecified atom stereocenters. The summed E-state index contributed by atoms with van der Waals surface area (Å²) < 4.78 is 88.4. The molecule has 0 saturated carbocycles. The van der Waals surface area contributed by atoms with E-state index in [1.807, 2.05) is 0 Å². The lowest BCUT2D eigenvalue weighted by Gasteiger charge is -2.30. The Kier molecular flexibility index (Phi) is 7.01. The first-order chi connectivity index (χ1) is 17.4. The monoisotopic (exact) mass is 554 g/mol. The van der Waals surface area contributed by atoms with Crippen LogP contribution in [0.2, 0.25) is 5.02 Å². The fourth-order valence-electron chi connectivity index (χ4n) is 3.86. The lowest BCUT2D eigenvalue weighted by atomic mass is 9.85. The fraction of sp³-hybridized carbons (Fsp3) is 0.167. The number of nitrogens with zero attached hydrogens (tertiary/aromatic N) is 3. The van der Waals surface area contributed by atoms with Crippen LogP contribution in [0.5, 0.6) is 0 Å². The van der Waals surface area contributed by atoms with E-state index in [0.717, 1.165) is 17.1 Å². The molecule has 0 saturated heterocycles. The lowest BCUT2D eigenvalue weighted by Crippen LogP contribution is -2.44. The van der Waals surface area contributed by atoms with E-state index in [1.165, 1.54) is 25.3 Å². The number of hydrogen-bond acceptors (Lipinski definition) is 4. The van der Waals surface area contributed by atoms with Crippen LogP contribution in [0.1, 0.15) is 16.7 Å². The van der Waals surface area contributed by atoms with E-state index in [0.29, 0.717) is 22.7 Å². The van der Waals surface area contributed by atoms with Crippen LogP contribution >= 0.6 is 11.6 Å². The van der Waals surface area contributed by atoms with E-state index < -0.39 is 44.0 Å². The van der Waals surface area contributed by atoms with Crippen LogP contribution in [0.25, 0.3) is 0 Å². The third-order valence-electron chi connectivity index (χ3n) is 5.71. The van der Waals surface area contributed by atoms with Gasteiger partial charge in [-0.1, -0.05) is 41.9 Å². The molecule has 0 amide bonds. The van der Waals surface area contributed by atoms with Gasteiger partial charge in [-0.3, -0.25) is 0 Å². The van der Waals surface area contributed by atoms with Gasteiger partial charge in [0.05, 0.1) is 17.0 Å². The largest absolute Gasteiger partial charge is 0.416 e. The Morgan fingerprint density at radius 3 is 2.27 bits per heavy atom. The zero-order valence-corrected chi connectivity index (χ0v) is 20.6. The van der Waals surface area contributed by atoms with Gasteiger partial charge >= 0.3 is 6.18 Å². The summed E-state index contributed by atoms with van der Waals surface area (Å²) in [7, 11) is -3.17. The van der Waals surface area contributed by atoms with Crippen molar-refractivity contribution in [2.24, 2.45) is 15.2 Å². The summed E-state index contributed by atoms with van der Waals surface area (Å²) in [5.41, 5.74) is 4.29. The predicted molar refractivity (Wildman–Crippen MR) is 130 cm³/mol. The number of rotatable bonds is 5. The van der Waals surface area contributed by atoms with Gasteiger partial charge in [-0.05, 0) is 42.5 Å². The molecule has 0 radical (unpaired) electrons. The van der Waals surface area contributed by atoms with Gasteiger partial charge in [0, 0.05) is 23.3 Å². The minimum absolute atomic E-state index is 0.118. The van der Waals surface area contributed by atoms with Crippen molar-refractivity contribution in [3.8, 4) is 0 Å². The molecule has 1 atom stereocenters. The molecule has 0 aliphatic carbocycles. The summed E-state index contributed by atoms with van der Waals surface area (Å²) in [6.45, 7) is -0.250. The first kappa shape index (κ1) is 26.6. The number of benzene rings is 3. The average molecular weight is 555 g/mol. The number of nitrogens with two attached hydrogens (primary N) is 1. The molecule has 1 heterocycles. The Bertz CT molecular complexity index is 1480. The summed E-state index contributed by atoms with van der Waals surface area (Å²) in [6, 6.07) is 15.1. The Hall–Kier alpha value is -3.48. The van der Waals surface area contributed by atoms with Gasteiger partial charge in [-0.25, -0.2) is 9.40 Å². The van der Waals surface area contributed by atoms with Crippen LogP contribution in [0.3, 0.4) is 0 Å². The second-order valence-electron chi connectivity index (χ2n) is 7.97. The van der Waals surface area contributed by atoms with Crippen LogP contribution in [0.15, 0.2) is 87.2 Å². The molecular weight excluding hydrogens is 536 g/mol. The molecule has 7 nitrogen and oxygen atoms in total. The Morgan fingerprint density at radius 2 is 1.70 bits per heavy atom. The SMILES string of the molecule is COC1(c2ccccc2F)CN(C(N)=NS(=O)(=O)c2ccc(C(F)(F)F)cc2)N=C1c1ccc(Cl)cc1. The van der Waals surface area contributed by atoms with E-state index in [4.69, 9.17) is 22.1 Å². The summed E-state index contributed by atoms with van der Waals surface area (Å²) in [5, 5.41) is 5.87. The maximum atomic E-state index is 15.0. The molecular formula is C24H19ClF4N4O3S. The van der Waals surface area contributed by atoms with E-state index in [-0.39, 0.29) is 17.8 Å². The highest BCUT2D eigenvalue weighted by molar-refractivity contribution is 7.90. The molecule has 194 valence electrons. The highest BCUT2D eigenvalue weighted by Gasteiger charge is 2.48. The molecule has 4 rings (SSSR count). The summed E-state index contributed by atoms with van der Waals surface area (Å²) in [4.78, 5) is -0.503. The van der Waals surface area contributed by atoms with Gasteiger partial charge in [0.15, 0.2) is 5.60 Å². The number of alkyl halides is 3. The molecule has 0 spiro atoms. The van der Waals surface area contributed by atoms with Crippen LogP contribution in [-0.4, -0.2) is 38.8 Å². The molecule has 0 fully saturated rings. The summed E-state index contributed by atoms with van der Waals surface area (Å²) >= 11 is 6.00. The number of hydrazone groups is 1. The number of sulfonamides is 1. The van der Waals surface area contributed by atoms with Crippen LogP contribution < -0.4 is 5.73 Å². The fourth-order valence-corrected chi connectivity index (χ4v) is 4.92. The maximum Gasteiger partial charge on any atom is 0.416 e. The standard InChI is InChI=1S/C24H19ClF4N4O3S/c1-36-23(19-4-2-3-5-20(19)26)14-33(31-21(23)15-6-10-17(25)11-7-15)22(30)32-37(34,35)18-12-8-16(9-13-18)24(27,28)29/h2-13H,14H2,1H3,(H2,30,32). The molecule has 13 heteroatoms. The van der Waals surface area contributed by atoms with E-state index >= 15 is 0 Å². The molecule has 0 bridgehead atoms. The number of halogens is 5. The van der Waals surface area contributed by atoms with Crippen LogP contribution in [0, 0.1) is 5.82 Å². The topological polar surface area (TPSA) is 97.4 Å². The normalized spacial score (nSPS) is 18.7. The van der Waals surface area contributed by atoms with E-state index in [2.05, 4.69) is 9.50 Å². The lowest BCUT2D eigenvalue weighted by molar-refractivity contribution is -0.137. The second kappa shape index (κ2) is 9.77. The zero-order chi connectivity index (χ0) is 27.0. The molecule has 37 heavy (non-hydrogen) atoms. The third-order valence-corrected chi connectivity index (χ3v) is 7.26. The number of ether oxygens (including phenoxy) is 1. The quantitative estimate of drug-likeness (QED) is 0.278. The number of methoxy groups -OCH3 is 1. The van der Waals surface area contributed by atoms with Crippen molar-refractivity contribution in [1.82, 2.24) is 5.01 Å². The average Bonchev–Trinajstić information content (AvgIpc) is 3.25.